The number of carboxylic acids is 1. The molecule has 2 amide bonds. The Balaban J connectivity index is 1.21. The number of hydrogen-bond donors (Lipinski definition) is 14. The second-order valence-corrected chi connectivity index (χ2v) is 22.6. The lowest BCUT2D eigenvalue weighted by atomic mass is 9.87. The second-order valence-electron chi connectivity index (χ2n) is 16.1. The minimum absolute atomic E-state index is 0.000631. The first-order chi connectivity index (χ1) is 33.3. The van der Waals surface area contributed by atoms with Gasteiger partial charge in [-0.05, 0) is 13.3 Å². The molecule has 0 aliphatic carbocycles. The summed E-state index contributed by atoms with van der Waals surface area (Å²) in [4.78, 5) is 123. The number of hydrogen-bond acceptors (Lipinski definition) is 24. The van der Waals surface area contributed by atoms with Crippen molar-refractivity contribution in [2.75, 3.05) is 37.8 Å². The maximum atomic E-state index is 13.1. The molecule has 0 aromatic carbocycles. The number of anilines is 1. The van der Waals surface area contributed by atoms with Crippen molar-refractivity contribution in [2.45, 2.75) is 89.9 Å². The molecule has 72 heavy (non-hydrogen) atoms. The number of imidazole rings is 1. The van der Waals surface area contributed by atoms with Crippen LogP contribution in [0.2, 0.25) is 0 Å². The van der Waals surface area contributed by atoms with Crippen LogP contribution in [0.3, 0.4) is 0 Å². The number of phosphoric ester groups is 4. The molecule has 1 aliphatic rings. The Morgan fingerprint density at radius 3 is 2.28 bits per heavy atom. The Morgan fingerprint density at radius 1 is 0.944 bits per heavy atom. The molecule has 1 fully saturated rings. The van der Waals surface area contributed by atoms with E-state index in [9.17, 15) is 77.4 Å². The van der Waals surface area contributed by atoms with Gasteiger partial charge in [0.05, 0.1) is 37.9 Å². The Labute approximate surface area is 411 Å². The zero-order chi connectivity index (χ0) is 54.0. The van der Waals surface area contributed by atoms with Gasteiger partial charge >= 0.3 is 37.3 Å². The van der Waals surface area contributed by atoms with Gasteiger partial charge in [0.1, 0.15) is 42.0 Å². The molecule has 33 nitrogen and oxygen atoms in total. The van der Waals surface area contributed by atoms with E-state index in [0.29, 0.717) is 0 Å². The number of pyridine rings is 1. The summed E-state index contributed by atoms with van der Waals surface area (Å²) in [6.45, 7) is 0.363. The summed E-state index contributed by atoms with van der Waals surface area (Å²) in [5.41, 5.74) is 4.43. The van der Waals surface area contributed by atoms with Crippen LogP contribution in [0.15, 0.2) is 18.9 Å². The van der Waals surface area contributed by atoms with E-state index in [2.05, 4.69) is 49.2 Å². The number of phosphoric acid groups is 4. The number of aliphatic carboxylic acids is 1. The number of carboxylic acid groups (broad SMARTS) is 1. The van der Waals surface area contributed by atoms with Gasteiger partial charge in [-0.1, -0.05) is 25.6 Å². The van der Waals surface area contributed by atoms with Crippen LogP contribution in [0.25, 0.3) is 11.2 Å². The highest BCUT2D eigenvalue weighted by Crippen LogP contribution is 2.61. The lowest BCUT2D eigenvalue weighted by molar-refractivity contribution is -0.138. The van der Waals surface area contributed by atoms with Crippen molar-refractivity contribution in [3.63, 3.8) is 0 Å². The molecule has 7 unspecified atom stereocenters. The maximum absolute atomic E-state index is 13.1. The van der Waals surface area contributed by atoms with E-state index in [1.807, 2.05) is 0 Å². The van der Waals surface area contributed by atoms with E-state index in [4.69, 9.17) is 29.3 Å². The lowest BCUT2D eigenvalue weighted by Crippen LogP contribution is -2.46. The Hall–Kier alpha value is -3.95. The molecule has 0 bridgehead atoms. The summed E-state index contributed by atoms with van der Waals surface area (Å²) in [6.07, 6.45) is -6.83. The van der Waals surface area contributed by atoms with Gasteiger partial charge in [-0.3, -0.25) is 46.8 Å². The summed E-state index contributed by atoms with van der Waals surface area (Å²) >= 11 is 0.732. The van der Waals surface area contributed by atoms with Gasteiger partial charge in [0.25, 0.3) is 0 Å². The minimum atomic E-state index is -5.65. The number of nitrogens with one attached hydrogen (secondary N) is 3. The molecule has 8 atom stereocenters. The molecule has 0 radical (unpaired) electrons. The third-order valence-corrected chi connectivity index (χ3v) is 14.6. The number of rotatable bonds is 29. The standard InChI is InChI=1S/C34H53N9O24P4S/c1-17-25(47)19(18(10-38-17)12-62-68(52,53)54)11-39-20(4-5-23(45)46)33(51)72-9-8-36-22(44)6-7-37-31(50)28(49)34(2,3)14-64-71(60,61)67-70(58,59)63-13-21-27(66-69(55,56)57)26(48)32(65-21)43-16-42-24-29(35)40-15-41-30(24)43/h10,15-16,20-21,26-28,32,39,47-49H,4-9,11-14H2,1-3H3,(H,36,44)(H,37,50)(H,45,46)(H,58,59)(H,60,61)(H2,35,40,41)(H2,52,53,54)(H2,55,56,57)/t20-,21?,26?,27?,28?,32?/m1/s1. The highest BCUT2D eigenvalue weighted by atomic mass is 32.2. The number of aromatic hydroxyl groups is 1. The fraction of sp³-hybridized carbons (Fsp3) is 0.588. The normalized spacial score (nSPS) is 20.1. The number of ether oxygens (including phenoxy) is 1. The highest BCUT2D eigenvalue weighted by molar-refractivity contribution is 8.13. The average molecular weight is 1130 g/mol. The van der Waals surface area contributed by atoms with Crippen molar-refractivity contribution in [2.24, 2.45) is 5.41 Å². The first kappa shape index (κ1) is 60.6. The molecule has 404 valence electrons. The molecular formula is C34H53N9O24P4S. The van der Waals surface area contributed by atoms with Crippen molar-refractivity contribution in [1.29, 1.82) is 0 Å². The van der Waals surface area contributed by atoms with Crippen molar-refractivity contribution >= 4 is 82.9 Å². The zero-order valence-corrected chi connectivity index (χ0v) is 42.4. The molecule has 3 aromatic heterocycles. The Bertz CT molecular complexity index is 2620. The largest absolute Gasteiger partial charge is 0.506 e. The summed E-state index contributed by atoms with van der Waals surface area (Å²) in [6, 6.07) is -1.10. The Morgan fingerprint density at radius 2 is 1.62 bits per heavy atom. The summed E-state index contributed by atoms with van der Waals surface area (Å²) in [5.74, 6) is -3.32. The number of amides is 2. The number of aryl methyl sites for hydroxylation is 1. The number of carbonyl (C=O) groups excluding carboxylic acids is 3. The fourth-order valence-corrected chi connectivity index (χ4v) is 10.3. The number of aromatic nitrogens is 5. The number of nitrogen functional groups attached to an aromatic ring is 1. The molecule has 15 N–H and O–H groups in total. The quantitative estimate of drug-likeness (QED) is 0.0284. The molecule has 1 saturated heterocycles. The van der Waals surface area contributed by atoms with Crippen molar-refractivity contribution in [3.8, 4) is 5.75 Å². The number of aliphatic hydroxyl groups excluding tert-OH is 2. The van der Waals surface area contributed by atoms with Crippen molar-refractivity contribution in [1.82, 2.24) is 40.5 Å². The number of fused-ring (bicyclic) bond motifs is 1. The SMILES string of the molecule is Cc1ncc(COP(=O)(O)O)c(CN[C@H](CCC(=O)O)C(=O)SCCNC(=O)CCNC(=O)C(O)C(C)(C)COP(=O)(O)OP(=O)(O)OCC2OC(n3cnc4c(N)ncnc43)C(O)C2OP(=O)(O)O)c1O. The van der Waals surface area contributed by atoms with Gasteiger partial charge < -0.3 is 76.2 Å². The van der Waals surface area contributed by atoms with Crippen molar-refractivity contribution < 1.29 is 114 Å². The predicted octanol–water partition coefficient (Wildman–Crippen LogP) is -1.29. The third-order valence-electron chi connectivity index (χ3n) is 10.0. The molecular weight excluding hydrogens is 1070 g/mol. The molecule has 3 aromatic rings. The molecule has 0 saturated carbocycles. The number of thioether (sulfide) groups is 1. The van der Waals surface area contributed by atoms with Crippen LogP contribution >= 0.6 is 43.1 Å². The summed E-state index contributed by atoms with van der Waals surface area (Å²) in [7, 11) is -21.5. The van der Waals surface area contributed by atoms with Crippen LogP contribution in [0, 0.1) is 12.3 Å². The van der Waals surface area contributed by atoms with Crippen LogP contribution in [0.4, 0.5) is 5.82 Å². The monoisotopic (exact) mass is 1130 g/mol. The van der Waals surface area contributed by atoms with E-state index < -0.39 is 123 Å². The average Bonchev–Trinajstić information content (AvgIpc) is 3.83. The Kier molecular flexibility index (Phi) is 21.5. The van der Waals surface area contributed by atoms with Gasteiger partial charge in [-0.2, -0.15) is 4.31 Å². The molecule has 38 heteroatoms. The van der Waals surface area contributed by atoms with E-state index in [0.717, 1.165) is 29.0 Å². The molecule has 1 aliphatic heterocycles. The minimum Gasteiger partial charge on any atom is -0.506 e. The fourth-order valence-electron chi connectivity index (χ4n) is 6.34. The van der Waals surface area contributed by atoms with Gasteiger partial charge in [-0.25, -0.2) is 33.2 Å². The topological polar surface area (TPSA) is 513 Å². The van der Waals surface area contributed by atoms with Crippen LogP contribution in [0.1, 0.15) is 56.2 Å². The zero-order valence-electron chi connectivity index (χ0n) is 38.0. The van der Waals surface area contributed by atoms with Gasteiger partial charge in [0, 0.05) is 61.0 Å². The molecule has 4 rings (SSSR count). The van der Waals surface area contributed by atoms with Gasteiger partial charge in [0.2, 0.25) is 16.9 Å². The summed E-state index contributed by atoms with van der Waals surface area (Å²) < 4.78 is 78.1. The van der Waals surface area contributed by atoms with Gasteiger partial charge in [0.15, 0.2) is 17.7 Å². The van der Waals surface area contributed by atoms with Crippen LogP contribution in [0.5, 0.6) is 5.75 Å². The first-order valence-electron chi connectivity index (χ1n) is 20.7. The van der Waals surface area contributed by atoms with Crippen LogP contribution in [-0.2, 0) is 77.7 Å². The number of aliphatic hydroxyl groups is 2. The predicted molar refractivity (Wildman–Crippen MR) is 242 cm³/mol. The smallest absolute Gasteiger partial charge is 0.481 e. The van der Waals surface area contributed by atoms with E-state index >= 15 is 0 Å². The number of nitrogens with zero attached hydrogens (tertiary/aromatic N) is 5. The van der Waals surface area contributed by atoms with Crippen LogP contribution in [-0.4, -0.2) is 160 Å². The van der Waals surface area contributed by atoms with Gasteiger partial charge in [-0.15, -0.1) is 0 Å². The number of carbonyl (C=O) groups is 4. The lowest BCUT2D eigenvalue weighted by Gasteiger charge is -2.30. The van der Waals surface area contributed by atoms with E-state index in [1.165, 1.54) is 27.0 Å². The first-order valence-corrected chi connectivity index (χ1v) is 27.7. The molecule has 0 spiro atoms. The third kappa shape index (κ3) is 18.5. The summed E-state index contributed by atoms with van der Waals surface area (Å²) in [5, 5.41) is 48.5. The van der Waals surface area contributed by atoms with Crippen LogP contribution < -0.4 is 21.7 Å². The highest BCUT2D eigenvalue weighted by Gasteiger charge is 2.50. The maximum Gasteiger partial charge on any atom is 0.481 e. The number of nitrogens with two attached hydrogens (primary N) is 1. The molecule has 4 heterocycles. The van der Waals surface area contributed by atoms with E-state index in [1.54, 1.807) is 0 Å². The van der Waals surface area contributed by atoms with E-state index in [-0.39, 0.29) is 77.8 Å². The van der Waals surface area contributed by atoms with Crippen molar-refractivity contribution in [3.05, 3.63) is 35.7 Å². The second kappa shape index (κ2) is 25.5.